The van der Waals surface area contributed by atoms with Gasteiger partial charge in [-0.05, 0) is 13.8 Å². The van der Waals surface area contributed by atoms with Crippen LogP contribution >= 0.6 is 23.1 Å². The molecule has 2 aliphatic rings. The topological polar surface area (TPSA) is 188 Å². The standard InChI is InChI=1S/C22H22N6O7S2/c1-22(2,20(33)34)35-26-14(11-9-37-21(23)24-11)17(29)25-15-12-10-36-13(8-27-6-4-3-5-7-27)16(19(31)32)28(12)18(15)30/h3-7,9,12,15H,8,10H2,1-2H3,(H4-,23,24,25,29,31,32,33,34)/p+1. The maximum Gasteiger partial charge on any atom is 0.353 e. The lowest BCUT2D eigenvalue weighted by Gasteiger charge is -2.49. The van der Waals surface area contributed by atoms with Gasteiger partial charge >= 0.3 is 11.9 Å². The summed E-state index contributed by atoms with van der Waals surface area (Å²) in [5.74, 6) is -3.63. The van der Waals surface area contributed by atoms with E-state index in [1.807, 2.05) is 18.2 Å². The van der Waals surface area contributed by atoms with Gasteiger partial charge in [-0.2, -0.15) is 0 Å². The van der Waals surface area contributed by atoms with Gasteiger partial charge in [0.2, 0.25) is 5.60 Å². The lowest BCUT2D eigenvalue weighted by Crippen LogP contribution is -2.73. The molecule has 2 aromatic heterocycles. The molecule has 2 atom stereocenters. The molecule has 15 heteroatoms. The summed E-state index contributed by atoms with van der Waals surface area (Å²) >= 11 is 2.33. The Bertz CT molecular complexity index is 1320. The van der Waals surface area contributed by atoms with Gasteiger partial charge in [0.25, 0.3) is 11.8 Å². The highest BCUT2D eigenvalue weighted by Gasteiger charge is 2.54. The van der Waals surface area contributed by atoms with Gasteiger partial charge < -0.3 is 26.1 Å². The number of β-lactam (4-membered cyclic amide) rings is 1. The second kappa shape index (κ2) is 10.2. The summed E-state index contributed by atoms with van der Waals surface area (Å²) in [6, 6.07) is 3.84. The summed E-state index contributed by atoms with van der Waals surface area (Å²) in [6.45, 7) is 2.78. The molecule has 2 aromatic rings. The van der Waals surface area contributed by atoms with Gasteiger partial charge in [0.15, 0.2) is 29.8 Å². The van der Waals surface area contributed by atoms with E-state index in [1.165, 1.54) is 35.9 Å². The minimum atomic E-state index is -1.75. The molecule has 0 bridgehead atoms. The van der Waals surface area contributed by atoms with Gasteiger partial charge in [0.05, 0.1) is 10.9 Å². The first kappa shape index (κ1) is 26.1. The molecule has 0 aromatic carbocycles. The average Bonchev–Trinajstić information content (AvgIpc) is 3.28. The van der Waals surface area contributed by atoms with Gasteiger partial charge in [-0.1, -0.05) is 11.2 Å². The number of aliphatic carboxylic acids is 2. The number of nitrogens with one attached hydrogen (secondary N) is 1. The fourth-order valence-corrected chi connectivity index (χ4v) is 5.42. The van der Waals surface area contributed by atoms with E-state index in [2.05, 4.69) is 15.5 Å². The third-order valence-corrected chi connectivity index (χ3v) is 7.46. The zero-order chi connectivity index (χ0) is 26.9. The number of carbonyl (C=O) groups is 4. The van der Waals surface area contributed by atoms with Crippen molar-refractivity contribution in [3.63, 3.8) is 0 Å². The molecule has 0 saturated carbocycles. The summed E-state index contributed by atoms with van der Waals surface area (Å²) in [7, 11) is 0. The predicted octanol–water partition coefficient (Wildman–Crippen LogP) is 0.0355. The lowest BCUT2D eigenvalue weighted by molar-refractivity contribution is -0.687. The maximum atomic E-state index is 13.1. The highest BCUT2D eigenvalue weighted by atomic mass is 32.2. The number of fused-ring (bicyclic) bond motifs is 1. The largest absolute Gasteiger partial charge is 0.478 e. The van der Waals surface area contributed by atoms with Gasteiger partial charge in [-0.15, -0.1) is 23.1 Å². The Labute approximate surface area is 218 Å². The van der Waals surface area contributed by atoms with Crippen molar-refractivity contribution in [1.82, 2.24) is 15.2 Å². The Morgan fingerprint density at radius 1 is 1.30 bits per heavy atom. The van der Waals surface area contributed by atoms with Crippen molar-refractivity contribution >= 4 is 57.7 Å². The zero-order valence-corrected chi connectivity index (χ0v) is 21.3. The van der Waals surface area contributed by atoms with E-state index in [1.54, 1.807) is 17.0 Å². The van der Waals surface area contributed by atoms with Crippen LogP contribution < -0.4 is 15.6 Å². The van der Waals surface area contributed by atoms with E-state index < -0.39 is 41.4 Å². The summed E-state index contributed by atoms with van der Waals surface area (Å²) in [4.78, 5) is 60.4. The van der Waals surface area contributed by atoms with Crippen molar-refractivity contribution in [1.29, 1.82) is 0 Å². The molecule has 1 fully saturated rings. The molecule has 13 nitrogen and oxygen atoms in total. The van der Waals surface area contributed by atoms with Crippen molar-refractivity contribution in [3.05, 3.63) is 52.3 Å². The first-order valence-electron chi connectivity index (χ1n) is 10.9. The molecule has 2 aliphatic heterocycles. The molecule has 37 heavy (non-hydrogen) atoms. The molecular formula is C22H23N6O7S2+. The number of anilines is 1. The molecule has 1 saturated heterocycles. The number of nitrogen functional groups attached to an aromatic ring is 1. The summed E-state index contributed by atoms with van der Waals surface area (Å²) in [6.07, 6.45) is 3.58. The number of hydrogen-bond acceptors (Lipinski definition) is 10. The number of thiazole rings is 1. The quantitative estimate of drug-likeness (QED) is 0.144. The Balaban J connectivity index is 1.55. The number of amides is 2. The van der Waals surface area contributed by atoms with Crippen molar-refractivity contribution < 1.29 is 38.8 Å². The number of thioether (sulfide) groups is 1. The summed E-state index contributed by atoms with van der Waals surface area (Å²) in [5, 5.41) is 27.0. The van der Waals surface area contributed by atoms with Crippen LogP contribution in [0.4, 0.5) is 5.13 Å². The highest BCUT2D eigenvalue weighted by Crippen LogP contribution is 2.39. The molecule has 2 unspecified atom stereocenters. The van der Waals surface area contributed by atoms with E-state index in [0.717, 1.165) is 11.3 Å². The fraction of sp³-hybridized carbons (Fsp3) is 0.318. The van der Waals surface area contributed by atoms with Crippen LogP contribution in [0.15, 0.2) is 51.7 Å². The number of carbonyl (C=O) groups excluding carboxylic acids is 2. The number of aromatic nitrogens is 2. The number of carboxylic acids is 2. The predicted molar refractivity (Wildman–Crippen MR) is 132 cm³/mol. The van der Waals surface area contributed by atoms with Crippen LogP contribution in [-0.4, -0.2) is 73.0 Å². The van der Waals surface area contributed by atoms with Crippen LogP contribution in [0.2, 0.25) is 0 Å². The van der Waals surface area contributed by atoms with Crippen molar-refractivity contribution in [3.8, 4) is 0 Å². The van der Waals surface area contributed by atoms with Gasteiger partial charge in [0.1, 0.15) is 17.4 Å². The van der Waals surface area contributed by atoms with Crippen LogP contribution in [0.3, 0.4) is 0 Å². The lowest BCUT2D eigenvalue weighted by atomic mass is 9.94. The molecule has 0 spiro atoms. The van der Waals surface area contributed by atoms with Crippen molar-refractivity contribution in [2.75, 3.05) is 11.5 Å². The molecule has 0 aliphatic carbocycles. The Hall–Kier alpha value is -3.98. The van der Waals surface area contributed by atoms with Crippen LogP contribution in [0, 0.1) is 0 Å². The minimum Gasteiger partial charge on any atom is -0.478 e. The highest BCUT2D eigenvalue weighted by molar-refractivity contribution is 8.03. The summed E-state index contributed by atoms with van der Waals surface area (Å²) in [5.41, 5.74) is 3.47. The minimum absolute atomic E-state index is 0.0381. The molecule has 4 heterocycles. The van der Waals surface area contributed by atoms with Gasteiger partial charge in [-0.3, -0.25) is 14.5 Å². The van der Waals surface area contributed by atoms with Crippen LogP contribution in [0.25, 0.3) is 0 Å². The first-order valence-corrected chi connectivity index (χ1v) is 12.7. The summed E-state index contributed by atoms with van der Waals surface area (Å²) < 4.78 is 1.80. The fourth-order valence-electron chi connectivity index (χ4n) is 3.60. The van der Waals surface area contributed by atoms with E-state index in [0.29, 0.717) is 10.7 Å². The number of oxime groups is 1. The molecule has 5 N–H and O–H groups in total. The van der Waals surface area contributed by atoms with E-state index in [4.69, 9.17) is 10.6 Å². The third-order valence-electron chi connectivity index (χ3n) is 5.61. The average molecular weight is 548 g/mol. The monoisotopic (exact) mass is 547 g/mol. The third kappa shape index (κ3) is 5.27. The SMILES string of the molecule is CC(C)(ON=C(C(=O)NC1C(=O)N2C(C(=O)O)=C(C[n+]3ccccc3)SCC12)c1csc(N)n1)C(=O)O. The van der Waals surface area contributed by atoms with Gasteiger partial charge in [-0.25, -0.2) is 19.1 Å². The van der Waals surface area contributed by atoms with E-state index >= 15 is 0 Å². The molecule has 194 valence electrons. The molecular weight excluding hydrogens is 524 g/mol. The maximum absolute atomic E-state index is 13.1. The van der Waals surface area contributed by atoms with Crippen molar-refractivity contribution in [2.24, 2.45) is 5.16 Å². The number of hydrogen-bond donors (Lipinski definition) is 4. The number of carboxylic acid groups (broad SMARTS) is 2. The number of allylic oxidation sites excluding steroid dienone is 1. The molecule has 0 radical (unpaired) electrons. The Morgan fingerprint density at radius 2 is 2.00 bits per heavy atom. The number of rotatable bonds is 9. The van der Waals surface area contributed by atoms with E-state index in [-0.39, 0.29) is 28.8 Å². The van der Waals surface area contributed by atoms with Crippen LogP contribution in [0.5, 0.6) is 0 Å². The number of pyridine rings is 1. The number of nitrogens with zero attached hydrogens (tertiary/aromatic N) is 4. The zero-order valence-electron chi connectivity index (χ0n) is 19.7. The second-order valence-corrected chi connectivity index (χ2v) is 10.6. The molecule has 4 rings (SSSR count). The second-order valence-electron chi connectivity index (χ2n) is 8.58. The normalized spacial score (nSPS) is 19.7. The van der Waals surface area contributed by atoms with Crippen LogP contribution in [-0.2, 0) is 30.6 Å². The number of nitrogens with two attached hydrogens (primary N) is 1. The molecule has 2 amide bonds. The van der Waals surface area contributed by atoms with E-state index in [9.17, 15) is 29.4 Å². The van der Waals surface area contributed by atoms with Crippen molar-refractivity contribution in [2.45, 2.75) is 38.1 Å². The van der Waals surface area contributed by atoms with Gasteiger partial charge in [0, 0.05) is 23.3 Å². The van der Waals surface area contributed by atoms with Crippen LogP contribution in [0.1, 0.15) is 19.5 Å². The first-order chi connectivity index (χ1) is 17.5. The Morgan fingerprint density at radius 3 is 2.59 bits per heavy atom. The smallest absolute Gasteiger partial charge is 0.353 e. The Kier molecular flexibility index (Phi) is 7.18.